The van der Waals surface area contributed by atoms with Gasteiger partial charge in [-0.3, -0.25) is 0 Å². The Morgan fingerprint density at radius 1 is 1.03 bits per heavy atom. The van der Waals surface area contributed by atoms with Crippen molar-refractivity contribution in [2.45, 2.75) is 29.9 Å². The summed E-state index contributed by atoms with van der Waals surface area (Å²) in [5.41, 5.74) is 2.39. The first-order chi connectivity index (χ1) is 16.2. The molecule has 1 aliphatic carbocycles. The molecule has 1 aliphatic rings. The Morgan fingerprint density at radius 2 is 1.88 bits per heavy atom. The van der Waals surface area contributed by atoms with Crippen LogP contribution in [0.1, 0.15) is 22.7 Å². The summed E-state index contributed by atoms with van der Waals surface area (Å²) in [5, 5.41) is 1.81. The summed E-state index contributed by atoms with van der Waals surface area (Å²) in [5.74, 6) is 2.85. The quantitative estimate of drug-likeness (QED) is 0.237. The number of aryl methyl sites for hydroxylation is 2. The first kappa shape index (κ1) is 20.7. The fraction of sp³-hybridized carbons (Fsp3) is 0.160. The second kappa shape index (κ2) is 8.82. The van der Waals surface area contributed by atoms with Crippen LogP contribution in [0.15, 0.2) is 72.1 Å². The number of rotatable bonds is 6. The SMILES string of the molecule is Clc1ccc(SCc2nc(Oc3ccc(-n4ccnc4)cc3)c3c4c(sc3n2)CCC4)cc1. The lowest BCUT2D eigenvalue weighted by atomic mass is 10.2. The number of thioether (sulfide) groups is 1. The van der Waals surface area contributed by atoms with Crippen molar-refractivity contribution >= 4 is 44.9 Å². The van der Waals surface area contributed by atoms with Crippen molar-refractivity contribution in [2.24, 2.45) is 0 Å². The van der Waals surface area contributed by atoms with Crippen molar-refractivity contribution in [3.05, 3.63) is 88.5 Å². The number of hydrogen-bond donors (Lipinski definition) is 0. The van der Waals surface area contributed by atoms with Gasteiger partial charge < -0.3 is 9.30 Å². The zero-order chi connectivity index (χ0) is 22.2. The normalized spacial score (nSPS) is 12.9. The molecule has 6 rings (SSSR count). The molecule has 164 valence electrons. The van der Waals surface area contributed by atoms with Gasteiger partial charge in [0.1, 0.15) is 16.4 Å². The van der Waals surface area contributed by atoms with Crippen LogP contribution in [0.5, 0.6) is 11.6 Å². The highest BCUT2D eigenvalue weighted by Crippen LogP contribution is 2.42. The molecule has 0 saturated carbocycles. The van der Waals surface area contributed by atoms with Gasteiger partial charge in [0, 0.05) is 32.9 Å². The van der Waals surface area contributed by atoms with E-state index in [0.717, 1.165) is 50.2 Å². The lowest BCUT2D eigenvalue weighted by Crippen LogP contribution is -1.98. The van der Waals surface area contributed by atoms with Crippen LogP contribution in [0.25, 0.3) is 15.9 Å². The fourth-order valence-corrected chi connectivity index (χ4v) is 6.18. The van der Waals surface area contributed by atoms with Gasteiger partial charge in [-0.25, -0.2) is 9.97 Å². The van der Waals surface area contributed by atoms with Crippen molar-refractivity contribution in [1.82, 2.24) is 19.5 Å². The summed E-state index contributed by atoms with van der Waals surface area (Å²) in [4.78, 5) is 17.4. The molecule has 0 radical (unpaired) electrons. The highest BCUT2D eigenvalue weighted by molar-refractivity contribution is 7.98. The smallest absolute Gasteiger partial charge is 0.231 e. The number of nitrogens with zero attached hydrogens (tertiary/aromatic N) is 4. The second-order valence-corrected chi connectivity index (χ2v) is 10.4. The maximum Gasteiger partial charge on any atom is 0.231 e. The van der Waals surface area contributed by atoms with Gasteiger partial charge in [0.05, 0.1) is 17.5 Å². The highest BCUT2D eigenvalue weighted by atomic mass is 35.5. The number of hydrogen-bond acceptors (Lipinski definition) is 6. The number of halogens is 1. The van der Waals surface area contributed by atoms with Crippen molar-refractivity contribution in [3.8, 4) is 17.3 Å². The molecule has 0 aliphatic heterocycles. The third kappa shape index (κ3) is 4.24. The molecule has 0 spiro atoms. The maximum absolute atomic E-state index is 6.36. The first-order valence-corrected chi connectivity index (χ1v) is 12.9. The van der Waals surface area contributed by atoms with Gasteiger partial charge in [0.15, 0.2) is 0 Å². The van der Waals surface area contributed by atoms with Gasteiger partial charge in [-0.15, -0.1) is 23.1 Å². The van der Waals surface area contributed by atoms with Crippen LogP contribution in [-0.4, -0.2) is 19.5 Å². The van der Waals surface area contributed by atoms with Crippen LogP contribution in [0.2, 0.25) is 5.02 Å². The topological polar surface area (TPSA) is 52.8 Å². The fourth-order valence-electron chi connectivity index (χ4n) is 4.03. The van der Waals surface area contributed by atoms with Crippen LogP contribution in [0.3, 0.4) is 0 Å². The molecule has 8 heteroatoms. The molecule has 5 aromatic rings. The number of thiophene rings is 1. The number of aromatic nitrogens is 4. The number of imidazole rings is 1. The van der Waals surface area contributed by atoms with E-state index in [2.05, 4.69) is 4.98 Å². The predicted octanol–water partition coefficient (Wildman–Crippen LogP) is 7.10. The lowest BCUT2D eigenvalue weighted by molar-refractivity contribution is 0.466. The summed E-state index contributed by atoms with van der Waals surface area (Å²) in [6, 6.07) is 15.8. The molecular formula is C25H19ClN4OS2. The zero-order valence-electron chi connectivity index (χ0n) is 17.6. The molecular weight excluding hydrogens is 472 g/mol. The molecule has 0 atom stereocenters. The average Bonchev–Trinajstić information content (AvgIpc) is 3.57. The largest absolute Gasteiger partial charge is 0.438 e. The summed E-state index contributed by atoms with van der Waals surface area (Å²) in [6.45, 7) is 0. The minimum Gasteiger partial charge on any atom is -0.438 e. The molecule has 33 heavy (non-hydrogen) atoms. The van der Waals surface area contributed by atoms with Crippen molar-refractivity contribution in [1.29, 1.82) is 0 Å². The van der Waals surface area contributed by atoms with Crippen molar-refractivity contribution in [3.63, 3.8) is 0 Å². The standard InChI is InChI=1S/C25H19ClN4OS2/c26-16-4-10-19(11-5-16)32-14-22-28-24(23-20-2-1-3-21(20)33-25(23)29-22)31-18-8-6-17(7-9-18)30-13-12-27-15-30/h4-13,15H,1-3,14H2. The van der Waals surface area contributed by atoms with Gasteiger partial charge in [0.2, 0.25) is 5.88 Å². The van der Waals surface area contributed by atoms with E-state index < -0.39 is 0 Å². The minimum atomic E-state index is 0.654. The van der Waals surface area contributed by atoms with E-state index >= 15 is 0 Å². The average molecular weight is 491 g/mol. The van der Waals surface area contributed by atoms with E-state index in [0.29, 0.717) is 11.6 Å². The predicted molar refractivity (Wildman–Crippen MR) is 134 cm³/mol. The van der Waals surface area contributed by atoms with E-state index in [1.165, 1.54) is 16.9 Å². The molecule has 0 amide bonds. The Kier molecular flexibility index (Phi) is 5.54. The van der Waals surface area contributed by atoms with Crippen LogP contribution >= 0.6 is 34.7 Å². The molecule has 3 heterocycles. The second-order valence-electron chi connectivity index (χ2n) is 7.79. The van der Waals surface area contributed by atoms with E-state index in [1.807, 2.05) is 59.3 Å². The van der Waals surface area contributed by atoms with Crippen LogP contribution in [0, 0.1) is 0 Å². The van der Waals surface area contributed by atoms with E-state index in [-0.39, 0.29) is 0 Å². The molecule has 0 unspecified atom stereocenters. The van der Waals surface area contributed by atoms with Crippen LogP contribution < -0.4 is 4.74 Å². The Labute approximate surface area is 204 Å². The molecule has 3 aromatic heterocycles. The minimum absolute atomic E-state index is 0.654. The van der Waals surface area contributed by atoms with Crippen molar-refractivity contribution in [2.75, 3.05) is 0 Å². The Morgan fingerprint density at radius 3 is 2.67 bits per heavy atom. The van der Waals surface area contributed by atoms with Gasteiger partial charge in [-0.05, 0) is 73.4 Å². The van der Waals surface area contributed by atoms with E-state index in [9.17, 15) is 0 Å². The molecule has 0 saturated heterocycles. The molecule has 2 aromatic carbocycles. The lowest BCUT2D eigenvalue weighted by Gasteiger charge is -2.10. The van der Waals surface area contributed by atoms with Gasteiger partial charge >= 0.3 is 0 Å². The highest BCUT2D eigenvalue weighted by Gasteiger charge is 2.23. The third-order valence-corrected chi connectivity index (χ3v) is 8.06. The summed E-state index contributed by atoms with van der Waals surface area (Å²) >= 11 is 9.49. The number of benzene rings is 2. The number of fused-ring (bicyclic) bond motifs is 3. The summed E-state index contributed by atoms with van der Waals surface area (Å²) < 4.78 is 8.32. The Hall–Kier alpha value is -2.87. The molecule has 0 N–H and O–H groups in total. The first-order valence-electron chi connectivity index (χ1n) is 10.7. The van der Waals surface area contributed by atoms with E-state index in [4.69, 9.17) is 26.3 Å². The van der Waals surface area contributed by atoms with Crippen LogP contribution in [0.4, 0.5) is 0 Å². The zero-order valence-corrected chi connectivity index (χ0v) is 20.0. The van der Waals surface area contributed by atoms with E-state index in [1.54, 1.807) is 35.6 Å². The third-order valence-electron chi connectivity index (χ3n) is 5.61. The Bertz CT molecular complexity index is 1410. The van der Waals surface area contributed by atoms with Crippen molar-refractivity contribution < 1.29 is 4.74 Å². The van der Waals surface area contributed by atoms with Crippen LogP contribution in [-0.2, 0) is 18.6 Å². The van der Waals surface area contributed by atoms with Gasteiger partial charge in [0.25, 0.3) is 0 Å². The molecule has 0 bridgehead atoms. The molecule has 0 fully saturated rings. The number of ether oxygens (including phenoxy) is 1. The monoisotopic (exact) mass is 490 g/mol. The maximum atomic E-state index is 6.36. The Balaban J connectivity index is 1.32. The van der Waals surface area contributed by atoms with Gasteiger partial charge in [-0.1, -0.05) is 11.6 Å². The summed E-state index contributed by atoms with van der Waals surface area (Å²) in [6.07, 6.45) is 8.83. The van der Waals surface area contributed by atoms with Gasteiger partial charge in [-0.2, -0.15) is 4.98 Å². The summed E-state index contributed by atoms with van der Waals surface area (Å²) in [7, 11) is 0. The molecule has 5 nitrogen and oxygen atoms in total.